The summed E-state index contributed by atoms with van der Waals surface area (Å²) in [6, 6.07) is 14.2. The van der Waals surface area contributed by atoms with Crippen molar-refractivity contribution in [3.63, 3.8) is 0 Å². The van der Waals surface area contributed by atoms with Gasteiger partial charge in [0.05, 0.1) is 11.1 Å². The van der Waals surface area contributed by atoms with Gasteiger partial charge in [-0.1, -0.05) is 18.2 Å². The van der Waals surface area contributed by atoms with E-state index < -0.39 is 23.4 Å². The van der Waals surface area contributed by atoms with Crippen LogP contribution < -0.4 is 4.74 Å². The van der Waals surface area contributed by atoms with E-state index in [0.29, 0.717) is 0 Å². The molecule has 0 N–H and O–H groups in total. The van der Waals surface area contributed by atoms with E-state index in [4.69, 9.17) is 10.00 Å². The van der Waals surface area contributed by atoms with Gasteiger partial charge < -0.3 is 4.74 Å². The number of hydrogen-bond donors (Lipinski definition) is 0. The van der Waals surface area contributed by atoms with Crippen LogP contribution in [-0.2, 0) is 0 Å². The van der Waals surface area contributed by atoms with Crippen molar-refractivity contribution in [1.82, 2.24) is 0 Å². The summed E-state index contributed by atoms with van der Waals surface area (Å²) in [7, 11) is 0. The van der Waals surface area contributed by atoms with Gasteiger partial charge in [-0.3, -0.25) is 0 Å². The largest absolute Gasteiger partial charge is 0.423 e. The fourth-order valence-corrected chi connectivity index (χ4v) is 2.36. The molecule has 0 aromatic heterocycles. The molecule has 6 heteroatoms. The zero-order valence-electron chi connectivity index (χ0n) is 13.2. The number of esters is 1. The minimum atomic E-state index is -0.959. The number of carbonyl (C=O) groups excluding carboxylic acids is 1. The lowest BCUT2D eigenvalue weighted by Crippen LogP contribution is -2.10. The molecule has 3 rings (SSSR count). The smallest absolute Gasteiger partial charge is 0.346 e. The number of rotatable bonds is 3. The molecule has 0 saturated carbocycles. The SMILES string of the molecule is N#Cc1ccc(-c2ccc(OC(=O)c3ccccc3F)cc2F)cc1F. The standard InChI is InChI=1S/C20H10F3NO2/c21-17-4-2-1-3-16(17)20(25)26-14-7-8-15(19(23)10-14)12-5-6-13(11-24)18(22)9-12/h1-10H. The van der Waals surface area contributed by atoms with Gasteiger partial charge in [0.25, 0.3) is 0 Å². The zero-order chi connectivity index (χ0) is 18.7. The van der Waals surface area contributed by atoms with Crippen molar-refractivity contribution in [1.29, 1.82) is 5.26 Å². The molecule has 0 aliphatic carbocycles. The molecule has 26 heavy (non-hydrogen) atoms. The van der Waals surface area contributed by atoms with Gasteiger partial charge in [0.15, 0.2) is 0 Å². The summed E-state index contributed by atoms with van der Waals surface area (Å²) in [6.45, 7) is 0. The van der Waals surface area contributed by atoms with Crippen molar-refractivity contribution in [2.75, 3.05) is 0 Å². The highest BCUT2D eigenvalue weighted by Gasteiger charge is 2.15. The third-order valence-corrected chi connectivity index (χ3v) is 3.65. The molecular weight excluding hydrogens is 343 g/mol. The highest BCUT2D eigenvalue weighted by Crippen LogP contribution is 2.28. The van der Waals surface area contributed by atoms with Gasteiger partial charge in [-0.15, -0.1) is 0 Å². The first-order chi connectivity index (χ1) is 12.5. The molecule has 0 heterocycles. The molecule has 0 amide bonds. The predicted octanol–water partition coefficient (Wildman–Crippen LogP) is 4.86. The van der Waals surface area contributed by atoms with Crippen LogP contribution in [0, 0.1) is 28.8 Å². The third-order valence-electron chi connectivity index (χ3n) is 3.65. The highest BCUT2D eigenvalue weighted by atomic mass is 19.1. The second-order valence-electron chi connectivity index (χ2n) is 5.32. The maximum atomic E-state index is 14.3. The van der Waals surface area contributed by atoms with Gasteiger partial charge in [-0.2, -0.15) is 5.26 Å². The van der Waals surface area contributed by atoms with E-state index in [1.807, 2.05) is 0 Å². The molecule has 0 spiro atoms. The van der Waals surface area contributed by atoms with Gasteiger partial charge >= 0.3 is 5.97 Å². The number of ether oxygens (including phenoxy) is 1. The second kappa shape index (κ2) is 7.11. The van der Waals surface area contributed by atoms with Crippen LogP contribution in [0.1, 0.15) is 15.9 Å². The van der Waals surface area contributed by atoms with E-state index in [1.165, 1.54) is 42.5 Å². The topological polar surface area (TPSA) is 50.1 Å². The van der Waals surface area contributed by atoms with Gasteiger partial charge in [-0.05, 0) is 42.0 Å². The van der Waals surface area contributed by atoms with Crippen LogP contribution in [0.2, 0.25) is 0 Å². The van der Waals surface area contributed by atoms with Gasteiger partial charge in [0.2, 0.25) is 0 Å². The van der Waals surface area contributed by atoms with E-state index in [-0.39, 0.29) is 28.0 Å². The first-order valence-electron chi connectivity index (χ1n) is 7.46. The maximum absolute atomic E-state index is 14.3. The number of benzene rings is 3. The Kier molecular flexibility index (Phi) is 4.72. The monoisotopic (exact) mass is 353 g/mol. The van der Waals surface area contributed by atoms with Crippen molar-refractivity contribution in [3.05, 3.63) is 89.2 Å². The van der Waals surface area contributed by atoms with Crippen LogP contribution in [0.4, 0.5) is 13.2 Å². The van der Waals surface area contributed by atoms with Crippen molar-refractivity contribution in [2.24, 2.45) is 0 Å². The van der Waals surface area contributed by atoms with Crippen molar-refractivity contribution >= 4 is 5.97 Å². The molecule has 3 aromatic carbocycles. The van der Waals surface area contributed by atoms with Crippen LogP contribution >= 0.6 is 0 Å². The Hall–Kier alpha value is -3.59. The van der Waals surface area contributed by atoms with E-state index in [9.17, 15) is 18.0 Å². The quantitative estimate of drug-likeness (QED) is 0.499. The van der Waals surface area contributed by atoms with E-state index in [0.717, 1.165) is 18.2 Å². The molecule has 0 aliphatic heterocycles. The molecule has 0 radical (unpaired) electrons. The van der Waals surface area contributed by atoms with Gasteiger partial charge in [0, 0.05) is 11.6 Å². The lowest BCUT2D eigenvalue weighted by Gasteiger charge is -2.08. The third kappa shape index (κ3) is 3.42. The zero-order valence-corrected chi connectivity index (χ0v) is 13.2. The normalized spacial score (nSPS) is 10.2. The summed E-state index contributed by atoms with van der Waals surface area (Å²) in [4.78, 5) is 12.0. The molecule has 3 nitrogen and oxygen atoms in total. The van der Waals surface area contributed by atoms with E-state index >= 15 is 0 Å². The Labute approximate surface area is 146 Å². The number of hydrogen-bond acceptors (Lipinski definition) is 3. The van der Waals surface area contributed by atoms with Crippen LogP contribution in [0.25, 0.3) is 11.1 Å². The van der Waals surface area contributed by atoms with E-state index in [2.05, 4.69) is 0 Å². The average Bonchev–Trinajstić information content (AvgIpc) is 2.62. The number of halogens is 3. The van der Waals surface area contributed by atoms with Crippen molar-refractivity contribution in [2.45, 2.75) is 0 Å². The summed E-state index contributed by atoms with van der Waals surface area (Å²) in [5.41, 5.74) is -0.124. The lowest BCUT2D eigenvalue weighted by atomic mass is 10.0. The Balaban J connectivity index is 1.86. The van der Waals surface area contributed by atoms with Crippen molar-refractivity contribution in [3.8, 4) is 22.9 Å². The van der Waals surface area contributed by atoms with Gasteiger partial charge in [-0.25, -0.2) is 18.0 Å². The van der Waals surface area contributed by atoms with Crippen LogP contribution in [0.5, 0.6) is 5.75 Å². The number of nitriles is 1. The minimum absolute atomic E-state index is 0.0686. The molecule has 0 aliphatic rings. The molecular formula is C20H10F3NO2. The second-order valence-corrected chi connectivity index (χ2v) is 5.32. The lowest BCUT2D eigenvalue weighted by molar-refractivity contribution is 0.0729. The van der Waals surface area contributed by atoms with Crippen LogP contribution in [-0.4, -0.2) is 5.97 Å². The first kappa shape index (κ1) is 17.2. The fraction of sp³-hybridized carbons (Fsp3) is 0. The van der Waals surface area contributed by atoms with Crippen molar-refractivity contribution < 1.29 is 22.7 Å². The van der Waals surface area contributed by atoms with Crippen LogP contribution in [0.15, 0.2) is 60.7 Å². The summed E-state index contributed by atoms with van der Waals surface area (Å²) < 4.78 is 46.6. The Morgan fingerprint density at radius 1 is 0.885 bits per heavy atom. The molecule has 0 saturated heterocycles. The molecule has 0 atom stereocenters. The maximum Gasteiger partial charge on any atom is 0.346 e. The molecule has 0 unspecified atom stereocenters. The summed E-state index contributed by atoms with van der Waals surface area (Å²) in [6.07, 6.45) is 0. The summed E-state index contributed by atoms with van der Waals surface area (Å²) in [5, 5.41) is 8.73. The molecule has 128 valence electrons. The molecule has 0 bridgehead atoms. The summed E-state index contributed by atoms with van der Waals surface area (Å²) in [5.74, 6) is -3.34. The Morgan fingerprint density at radius 3 is 2.31 bits per heavy atom. The van der Waals surface area contributed by atoms with Gasteiger partial charge in [0.1, 0.15) is 29.3 Å². The summed E-state index contributed by atoms with van der Waals surface area (Å²) >= 11 is 0. The number of nitrogens with zero attached hydrogens (tertiary/aromatic N) is 1. The molecule has 0 fully saturated rings. The molecule has 3 aromatic rings. The minimum Gasteiger partial charge on any atom is -0.423 e. The number of carbonyl (C=O) groups is 1. The first-order valence-corrected chi connectivity index (χ1v) is 7.46. The average molecular weight is 353 g/mol. The predicted molar refractivity (Wildman–Crippen MR) is 87.9 cm³/mol. The Morgan fingerprint density at radius 2 is 1.65 bits per heavy atom. The van der Waals surface area contributed by atoms with Crippen LogP contribution in [0.3, 0.4) is 0 Å². The highest BCUT2D eigenvalue weighted by molar-refractivity contribution is 5.91. The van der Waals surface area contributed by atoms with E-state index in [1.54, 1.807) is 6.07 Å². The Bertz CT molecular complexity index is 1040. The fourth-order valence-electron chi connectivity index (χ4n) is 2.36.